The van der Waals surface area contributed by atoms with E-state index in [1.165, 1.54) is 44.9 Å². The minimum atomic E-state index is -3.94. The van der Waals surface area contributed by atoms with Crippen LogP contribution in [-0.2, 0) is 10.2 Å². The number of ketones is 1. The van der Waals surface area contributed by atoms with Gasteiger partial charge in [-0.25, -0.2) is 9.65 Å². The van der Waals surface area contributed by atoms with Crippen molar-refractivity contribution in [1.82, 2.24) is 15.7 Å². The average molecular weight is 565 g/mol. The first-order valence-corrected chi connectivity index (χ1v) is 17.3. The van der Waals surface area contributed by atoms with Gasteiger partial charge in [0.05, 0.1) is 5.69 Å². The van der Waals surface area contributed by atoms with Gasteiger partial charge in [-0.2, -0.15) is 0 Å². The first-order valence-electron chi connectivity index (χ1n) is 15.7. The number of hydrogen-bond acceptors (Lipinski definition) is 4. The van der Waals surface area contributed by atoms with Gasteiger partial charge in [-0.1, -0.05) is 94.2 Å². The van der Waals surface area contributed by atoms with E-state index in [1.807, 2.05) is 36.4 Å². The van der Waals surface area contributed by atoms with E-state index in [2.05, 4.69) is 26.9 Å². The van der Waals surface area contributed by atoms with Crippen LogP contribution in [-0.4, -0.2) is 28.8 Å². The summed E-state index contributed by atoms with van der Waals surface area (Å²) in [4.78, 5) is 25.2. The van der Waals surface area contributed by atoms with Crippen molar-refractivity contribution in [3.8, 4) is 0 Å². The molecule has 7 nitrogen and oxygen atoms in total. The molecule has 0 radical (unpaired) electrons. The van der Waals surface area contributed by atoms with Crippen LogP contribution in [0.3, 0.4) is 0 Å². The van der Waals surface area contributed by atoms with Crippen LogP contribution in [0.2, 0.25) is 0 Å². The Kier molecular flexibility index (Phi) is 8.48. The van der Waals surface area contributed by atoms with Crippen molar-refractivity contribution >= 4 is 19.1 Å². The van der Waals surface area contributed by atoms with Crippen LogP contribution in [0, 0.1) is 0 Å². The number of anilines is 1. The lowest BCUT2D eigenvalue weighted by atomic mass is 9.74. The second kappa shape index (κ2) is 12.1. The van der Waals surface area contributed by atoms with Gasteiger partial charge in [-0.05, 0) is 44.6 Å². The fourth-order valence-corrected chi connectivity index (χ4v) is 8.98. The Morgan fingerprint density at radius 3 is 1.80 bits per heavy atom. The smallest absolute Gasteiger partial charge is 0.318 e. The van der Waals surface area contributed by atoms with Crippen molar-refractivity contribution in [3.63, 3.8) is 0 Å². The van der Waals surface area contributed by atoms with Gasteiger partial charge in [0.25, 0.3) is 0 Å². The van der Waals surface area contributed by atoms with Gasteiger partial charge in [-0.3, -0.25) is 15.4 Å². The predicted molar refractivity (Wildman–Crippen MR) is 161 cm³/mol. The second-order valence-corrected chi connectivity index (χ2v) is 14.1. The molecule has 0 saturated heterocycles. The molecule has 6 rings (SSSR count). The van der Waals surface area contributed by atoms with Crippen molar-refractivity contribution in [2.24, 2.45) is 0 Å². The van der Waals surface area contributed by atoms with Crippen molar-refractivity contribution < 1.29 is 14.3 Å². The Hall–Kier alpha value is -2.02. The van der Waals surface area contributed by atoms with Gasteiger partial charge in [0.15, 0.2) is 5.78 Å². The molecule has 4 aliphatic carbocycles. The van der Waals surface area contributed by atoms with Gasteiger partial charge in [0.2, 0.25) is 0 Å². The Balaban J connectivity index is 1.47. The van der Waals surface area contributed by atoms with Gasteiger partial charge < -0.3 is 9.98 Å². The van der Waals surface area contributed by atoms with Crippen LogP contribution in [0.25, 0.3) is 0 Å². The highest BCUT2D eigenvalue weighted by atomic mass is 31.2. The number of carbonyl (C=O) groups is 1. The predicted octanol–water partition coefficient (Wildman–Crippen LogP) is 6.71. The molecule has 0 heterocycles. The molecule has 4 aliphatic rings. The molecule has 2 aromatic carbocycles. The summed E-state index contributed by atoms with van der Waals surface area (Å²) >= 11 is 0. The molecular formula is C32H45N4O3P. The first-order chi connectivity index (χ1) is 19.5. The zero-order valence-corrected chi connectivity index (χ0v) is 24.5. The summed E-state index contributed by atoms with van der Waals surface area (Å²) in [6.07, 6.45) is 16.7. The summed E-state index contributed by atoms with van der Waals surface area (Å²) < 4.78 is 13.7. The Labute approximate surface area is 238 Å². The zero-order valence-electron chi connectivity index (χ0n) is 23.6. The molecule has 0 spiro atoms. The number of nitrogens with one attached hydrogen (secondary N) is 4. The summed E-state index contributed by atoms with van der Waals surface area (Å²) in [6.45, 7) is 0. The molecule has 216 valence electrons. The largest absolute Gasteiger partial charge is 0.363 e. The minimum absolute atomic E-state index is 0.0180. The van der Waals surface area contributed by atoms with Crippen LogP contribution in [0.5, 0.6) is 0 Å². The van der Waals surface area contributed by atoms with E-state index in [0.717, 1.165) is 62.5 Å². The normalized spacial score (nSPS) is 23.7. The molecule has 1 unspecified atom stereocenters. The molecule has 40 heavy (non-hydrogen) atoms. The quantitative estimate of drug-likeness (QED) is 0.179. The molecule has 0 aromatic heterocycles. The van der Waals surface area contributed by atoms with E-state index < -0.39 is 13.3 Å². The average Bonchev–Trinajstić information content (AvgIpc) is 2.97. The third kappa shape index (κ3) is 5.82. The number of fused-ring (bicyclic) bond motifs is 2. The highest BCUT2D eigenvalue weighted by molar-refractivity contribution is 7.57. The maximum Gasteiger partial charge on any atom is 0.363 e. The van der Waals surface area contributed by atoms with Crippen LogP contribution in [0.15, 0.2) is 42.5 Å². The number of hydrogen-bond donors (Lipinski definition) is 5. The summed E-state index contributed by atoms with van der Waals surface area (Å²) in [5.41, 5.74) is 2.67. The van der Waals surface area contributed by atoms with Crippen LogP contribution < -0.4 is 20.8 Å². The molecule has 2 aromatic rings. The lowest BCUT2D eigenvalue weighted by molar-refractivity contribution is 0.101. The topological polar surface area (TPSA) is 102 Å². The number of carbonyl (C=O) groups excluding carboxylic acids is 1. The SMILES string of the molecule is O=C1c2ccccc2C(NC2CCCCC2)(NC2CCCCC2)c2c(NP(=O)(O)NC3CCCCC3)cccc21. The third-order valence-electron chi connectivity index (χ3n) is 9.55. The van der Waals surface area contributed by atoms with Crippen LogP contribution in [0.4, 0.5) is 5.69 Å². The van der Waals surface area contributed by atoms with E-state index >= 15 is 0 Å². The first kappa shape index (κ1) is 28.1. The fraction of sp³-hybridized carbons (Fsp3) is 0.594. The van der Waals surface area contributed by atoms with E-state index in [9.17, 15) is 14.3 Å². The molecule has 0 aliphatic heterocycles. The summed E-state index contributed by atoms with van der Waals surface area (Å²) in [7, 11) is -3.94. The van der Waals surface area contributed by atoms with Crippen molar-refractivity contribution in [3.05, 3.63) is 64.7 Å². The molecule has 3 fully saturated rings. The lowest BCUT2D eigenvalue weighted by Crippen LogP contribution is -2.63. The highest BCUT2D eigenvalue weighted by Crippen LogP contribution is 2.48. The molecule has 8 heteroatoms. The van der Waals surface area contributed by atoms with E-state index in [-0.39, 0.29) is 23.9 Å². The van der Waals surface area contributed by atoms with Gasteiger partial charge >= 0.3 is 7.67 Å². The highest BCUT2D eigenvalue weighted by Gasteiger charge is 2.48. The summed E-state index contributed by atoms with van der Waals surface area (Å²) in [5.74, 6) is -0.0335. The van der Waals surface area contributed by atoms with E-state index in [4.69, 9.17) is 0 Å². The molecule has 3 saturated carbocycles. The van der Waals surface area contributed by atoms with Crippen LogP contribution >= 0.6 is 7.67 Å². The minimum Gasteiger partial charge on any atom is -0.318 e. The summed E-state index contributed by atoms with van der Waals surface area (Å²) in [6, 6.07) is 14.1. The van der Waals surface area contributed by atoms with Crippen LogP contribution in [0.1, 0.15) is 123 Å². The third-order valence-corrected chi connectivity index (χ3v) is 10.8. The molecule has 0 bridgehead atoms. The van der Waals surface area contributed by atoms with Gasteiger partial charge in [0.1, 0.15) is 5.66 Å². The molecule has 1 atom stereocenters. The monoisotopic (exact) mass is 564 g/mol. The van der Waals surface area contributed by atoms with Crippen molar-refractivity contribution in [2.75, 3.05) is 5.09 Å². The Bertz CT molecular complexity index is 1230. The number of benzene rings is 2. The lowest BCUT2D eigenvalue weighted by Gasteiger charge is -2.48. The summed E-state index contributed by atoms with van der Waals surface area (Å²) in [5, 5.41) is 14.2. The Morgan fingerprint density at radius 2 is 1.20 bits per heavy atom. The van der Waals surface area contributed by atoms with Crippen molar-refractivity contribution in [1.29, 1.82) is 0 Å². The molecular weight excluding hydrogens is 519 g/mol. The van der Waals surface area contributed by atoms with Crippen molar-refractivity contribution in [2.45, 2.75) is 120 Å². The van der Waals surface area contributed by atoms with E-state index in [0.29, 0.717) is 16.8 Å². The fourth-order valence-electron chi connectivity index (χ4n) is 7.65. The zero-order chi connectivity index (χ0) is 27.6. The Morgan fingerprint density at radius 1 is 0.675 bits per heavy atom. The van der Waals surface area contributed by atoms with Gasteiger partial charge in [-0.15, -0.1) is 0 Å². The van der Waals surface area contributed by atoms with E-state index in [1.54, 1.807) is 0 Å². The van der Waals surface area contributed by atoms with Gasteiger partial charge in [0, 0.05) is 40.4 Å². The second-order valence-electron chi connectivity index (χ2n) is 12.5. The standard InChI is InChI=1S/C32H45N4O3P/c37-31-26-19-10-11-21-28(26)32(33-23-13-4-1-5-14-23,34-24-15-6-2-7-16-24)30-27(31)20-12-22-29(30)36-40(38,39)35-25-17-8-3-9-18-25/h10-12,19-25,33-34H,1-9,13-18H2,(H3,35,36,38,39). The molecule has 0 amide bonds. The molecule has 5 N–H and O–H groups in total. The maximum absolute atomic E-state index is 14.0. The number of rotatable bonds is 8. The maximum atomic E-state index is 14.0.